The number of anilines is 1. The van der Waals surface area contributed by atoms with Crippen molar-refractivity contribution in [1.29, 1.82) is 0 Å². The number of carboxylic acids is 1. The molecule has 0 spiro atoms. The van der Waals surface area contributed by atoms with E-state index in [0.717, 1.165) is 47.8 Å². The van der Waals surface area contributed by atoms with Gasteiger partial charge >= 0.3 is 5.97 Å². The van der Waals surface area contributed by atoms with Crippen LogP contribution in [0.1, 0.15) is 33.6 Å². The Hall–Kier alpha value is -2.65. The predicted molar refractivity (Wildman–Crippen MR) is 110 cm³/mol. The molecule has 4 rings (SSSR count). The van der Waals surface area contributed by atoms with Crippen molar-refractivity contribution in [2.45, 2.75) is 30.8 Å². The van der Waals surface area contributed by atoms with E-state index in [2.05, 4.69) is 15.3 Å². The summed E-state index contributed by atoms with van der Waals surface area (Å²) in [6.07, 6.45) is 4.13. The Morgan fingerprint density at radius 3 is 2.86 bits per heavy atom. The topological polar surface area (TPSA) is 112 Å². The molecule has 0 atom stereocenters. The number of hydrogen-bond donors (Lipinski definition) is 3. The number of H-pyrrole nitrogens is 1. The van der Waals surface area contributed by atoms with E-state index < -0.39 is 5.97 Å². The number of hydrogen-bond acceptors (Lipinski definition) is 6. The summed E-state index contributed by atoms with van der Waals surface area (Å²) in [5, 5.41) is 12.8. The molecular weight excluding hydrogens is 398 g/mol. The number of para-hydroxylation sites is 1. The number of amides is 1. The third-order valence-corrected chi connectivity index (χ3v) is 6.63. The fraction of sp³-hybridized carbons (Fsp3) is 0.263. The molecule has 0 saturated heterocycles. The van der Waals surface area contributed by atoms with E-state index in [9.17, 15) is 19.5 Å². The van der Waals surface area contributed by atoms with Crippen molar-refractivity contribution >= 4 is 50.9 Å². The SMILES string of the molecule is O=C(CSc1nc2sc3c(c2c(=O)[nH]1)CCCC3)Nc1ccccc1C(=O)O. The summed E-state index contributed by atoms with van der Waals surface area (Å²) in [5.74, 6) is -1.47. The maximum absolute atomic E-state index is 12.5. The maximum Gasteiger partial charge on any atom is 0.337 e. The molecule has 144 valence electrons. The summed E-state index contributed by atoms with van der Waals surface area (Å²) in [4.78, 5) is 45.2. The maximum atomic E-state index is 12.5. The molecule has 9 heteroatoms. The second kappa shape index (κ2) is 7.76. The van der Waals surface area contributed by atoms with Crippen molar-refractivity contribution in [1.82, 2.24) is 9.97 Å². The number of carbonyl (C=O) groups is 2. The van der Waals surface area contributed by atoms with Crippen LogP contribution in [0.25, 0.3) is 10.2 Å². The summed E-state index contributed by atoms with van der Waals surface area (Å²) in [6.45, 7) is 0. The lowest BCUT2D eigenvalue weighted by molar-refractivity contribution is -0.113. The van der Waals surface area contributed by atoms with Gasteiger partial charge in [0.15, 0.2) is 5.16 Å². The molecule has 1 amide bonds. The zero-order valence-corrected chi connectivity index (χ0v) is 16.4. The van der Waals surface area contributed by atoms with Crippen LogP contribution in [0.2, 0.25) is 0 Å². The highest BCUT2D eigenvalue weighted by molar-refractivity contribution is 7.99. The van der Waals surface area contributed by atoms with Crippen molar-refractivity contribution in [3.8, 4) is 0 Å². The van der Waals surface area contributed by atoms with E-state index in [1.54, 1.807) is 23.5 Å². The van der Waals surface area contributed by atoms with Gasteiger partial charge in [-0.25, -0.2) is 9.78 Å². The van der Waals surface area contributed by atoms with Crippen LogP contribution in [0.4, 0.5) is 5.69 Å². The number of carboxylic acid groups (broad SMARTS) is 1. The van der Waals surface area contributed by atoms with E-state index in [1.165, 1.54) is 17.0 Å². The number of aromatic amines is 1. The fourth-order valence-corrected chi connectivity index (χ4v) is 5.29. The highest BCUT2D eigenvalue weighted by atomic mass is 32.2. The molecule has 0 unspecified atom stereocenters. The smallest absolute Gasteiger partial charge is 0.337 e. The van der Waals surface area contributed by atoms with E-state index >= 15 is 0 Å². The van der Waals surface area contributed by atoms with Gasteiger partial charge in [-0.1, -0.05) is 23.9 Å². The van der Waals surface area contributed by atoms with Gasteiger partial charge in [0.2, 0.25) is 5.91 Å². The zero-order valence-electron chi connectivity index (χ0n) is 14.8. The fourth-order valence-electron chi connectivity index (χ4n) is 3.31. The summed E-state index contributed by atoms with van der Waals surface area (Å²) >= 11 is 2.68. The van der Waals surface area contributed by atoms with Gasteiger partial charge in [-0.3, -0.25) is 9.59 Å². The molecule has 2 heterocycles. The van der Waals surface area contributed by atoms with E-state index in [-0.39, 0.29) is 28.5 Å². The second-order valence-electron chi connectivity index (χ2n) is 6.45. The number of carbonyl (C=O) groups excluding carboxylic acids is 1. The first-order valence-electron chi connectivity index (χ1n) is 8.82. The van der Waals surface area contributed by atoms with Gasteiger partial charge in [0.1, 0.15) is 4.83 Å². The van der Waals surface area contributed by atoms with Gasteiger partial charge in [0.25, 0.3) is 5.56 Å². The number of aromatic carboxylic acids is 1. The van der Waals surface area contributed by atoms with Crippen molar-refractivity contribution in [2.75, 3.05) is 11.1 Å². The molecule has 0 fully saturated rings. The summed E-state index contributed by atoms with van der Waals surface area (Å²) in [5.41, 5.74) is 1.23. The molecule has 1 aliphatic rings. The molecule has 1 aliphatic carbocycles. The third-order valence-electron chi connectivity index (χ3n) is 4.57. The number of thioether (sulfide) groups is 1. The average Bonchev–Trinajstić information content (AvgIpc) is 3.05. The van der Waals surface area contributed by atoms with Crippen LogP contribution >= 0.6 is 23.1 Å². The van der Waals surface area contributed by atoms with Crippen molar-refractivity contribution < 1.29 is 14.7 Å². The number of aryl methyl sites for hydroxylation is 2. The molecule has 2 aromatic heterocycles. The quantitative estimate of drug-likeness (QED) is 0.435. The molecule has 28 heavy (non-hydrogen) atoms. The monoisotopic (exact) mass is 415 g/mol. The number of aromatic nitrogens is 2. The Morgan fingerprint density at radius 2 is 2.04 bits per heavy atom. The molecule has 0 bridgehead atoms. The summed E-state index contributed by atoms with van der Waals surface area (Å²) in [6, 6.07) is 6.21. The summed E-state index contributed by atoms with van der Waals surface area (Å²) < 4.78 is 0. The number of nitrogens with zero attached hydrogens (tertiary/aromatic N) is 1. The minimum absolute atomic E-state index is 0.00743. The molecule has 3 N–H and O–H groups in total. The Kier molecular flexibility index (Phi) is 5.19. The molecular formula is C19H17N3O4S2. The lowest BCUT2D eigenvalue weighted by Crippen LogP contribution is -2.17. The van der Waals surface area contributed by atoms with E-state index in [0.29, 0.717) is 10.5 Å². The highest BCUT2D eigenvalue weighted by Crippen LogP contribution is 2.34. The first kappa shape index (κ1) is 18.7. The van der Waals surface area contributed by atoms with Crippen LogP contribution in [0.15, 0.2) is 34.2 Å². The molecule has 0 aliphatic heterocycles. The van der Waals surface area contributed by atoms with Crippen LogP contribution in [-0.4, -0.2) is 32.7 Å². The van der Waals surface area contributed by atoms with Crippen LogP contribution in [0, 0.1) is 0 Å². The molecule has 7 nitrogen and oxygen atoms in total. The van der Waals surface area contributed by atoms with Crippen LogP contribution in [0.5, 0.6) is 0 Å². The molecule has 1 aromatic carbocycles. The van der Waals surface area contributed by atoms with Gasteiger partial charge in [0.05, 0.1) is 22.4 Å². The molecule has 3 aromatic rings. The third kappa shape index (κ3) is 3.67. The number of thiophene rings is 1. The lowest BCUT2D eigenvalue weighted by Gasteiger charge is -2.09. The van der Waals surface area contributed by atoms with Crippen LogP contribution < -0.4 is 10.9 Å². The predicted octanol–water partition coefficient (Wildman–Crippen LogP) is 3.29. The Morgan fingerprint density at radius 1 is 1.25 bits per heavy atom. The Balaban J connectivity index is 1.49. The standard InChI is InChI=1S/C19H17N3O4S2/c23-14(20-12-7-3-1-5-10(12)18(25)26)9-27-19-21-16(24)15-11-6-2-4-8-13(11)28-17(15)22-19/h1,3,5,7H,2,4,6,8-9H2,(H,20,23)(H,25,26)(H,21,22,24). The van der Waals surface area contributed by atoms with E-state index in [1.807, 2.05) is 0 Å². The highest BCUT2D eigenvalue weighted by Gasteiger charge is 2.20. The number of benzene rings is 1. The van der Waals surface area contributed by atoms with Gasteiger partial charge < -0.3 is 15.4 Å². The first-order chi connectivity index (χ1) is 13.5. The molecule has 0 radical (unpaired) electrons. The van der Waals surface area contributed by atoms with Gasteiger partial charge in [0, 0.05) is 4.88 Å². The number of fused-ring (bicyclic) bond motifs is 3. The molecule has 0 saturated carbocycles. The minimum Gasteiger partial charge on any atom is -0.478 e. The largest absolute Gasteiger partial charge is 0.478 e. The normalized spacial score (nSPS) is 13.3. The summed E-state index contributed by atoms with van der Waals surface area (Å²) in [7, 11) is 0. The van der Waals surface area contributed by atoms with Crippen LogP contribution in [-0.2, 0) is 17.6 Å². The van der Waals surface area contributed by atoms with Crippen molar-refractivity contribution in [3.05, 3.63) is 50.6 Å². The van der Waals surface area contributed by atoms with E-state index in [4.69, 9.17) is 0 Å². The second-order valence-corrected chi connectivity index (χ2v) is 8.50. The van der Waals surface area contributed by atoms with Crippen LogP contribution in [0.3, 0.4) is 0 Å². The average molecular weight is 415 g/mol. The Bertz CT molecular complexity index is 1140. The van der Waals surface area contributed by atoms with Crippen molar-refractivity contribution in [2.24, 2.45) is 0 Å². The number of rotatable bonds is 5. The van der Waals surface area contributed by atoms with Gasteiger partial charge in [-0.05, 0) is 43.4 Å². The lowest BCUT2D eigenvalue weighted by atomic mass is 9.97. The first-order valence-corrected chi connectivity index (χ1v) is 10.6. The zero-order chi connectivity index (χ0) is 19.7. The number of nitrogens with one attached hydrogen (secondary N) is 2. The van der Waals surface area contributed by atoms with Gasteiger partial charge in [-0.15, -0.1) is 11.3 Å². The Labute approximate surface area is 168 Å². The van der Waals surface area contributed by atoms with Crippen molar-refractivity contribution in [3.63, 3.8) is 0 Å². The minimum atomic E-state index is -1.11. The van der Waals surface area contributed by atoms with Gasteiger partial charge in [-0.2, -0.15) is 0 Å².